The van der Waals surface area contributed by atoms with E-state index in [9.17, 15) is 14.0 Å². The summed E-state index contributed by atoms with van der Waals surface area (Å²) in [6, 6.07) is 10.7. The van der Waals surface area contributed by atoms with Crippen LogP contribution in [0, 0.1) is 5.82 Å². The largest absolute Gasteiger partial charge is 0.333 e. The molecule has 0 spiro atoms. The monoisotopic (exact) mass is 429 g/mol. The van der Waals surface area contributed by atoms with E-state index in [2.05, 4.69) is 6.92 Å². The number of amides is 1. The van der Waals surface area contributed by atoms with E-state index in [1.165, 1.54) is 22.8 Å². The van der Waals surface area contributed by atoms with Crippen LogP contribution in [0.5, 0.6) is 0 Å². The first kappa shape index (κ1) is 22.0. The SMILES string of the molecule is CCCCN(C(=O)CC)C(C)c1nc2ccccc2c(=O)n1-c1ccc(F)c(Cl)c1. The van der Waals surface area contributed by atoms with Gasteiger partial charge in [-0.2, -0.15) is 0 Å². The standard InChI is InChI=1S/C23H25ClFN3O2/c1-4-6-13-27(21(29)5-2)15(3)22-26-20-10-8-7-9-17(20)23(30)28(22)16-11-12-19(25)18(24)14-16/h7-12,14-15H,4-6,13H2,1-3H3. The van der Waals surface area contributed by atoms with E-state index >= 15 is 0 Å². The maximum Gasteiger partial charge on any atom is 0.266 e. The van der Waals surface area contributed by atoms with Gasteiger partial charge in [-0.25, -0.2) is 9.37 Å². The van der Waals surface area contributed by atoms with E-state index < -0.39 is 11.9 Å². The molecule has 0 aliphatic rings. The molecule has 30 heavy (non-hydrogen) atoms. The lowest BCUT2D eigenvalue weighted by molar-refractivity contribution is -0.133. The topological polar surface area (TPSA) is 55.2 Å². The van der Waals surface area contributed by atoms with Crippen molar-refractivity contribution in [3.8, 4) is 5.69 Å². The lowest BCUT2D eigenvalue weighted by atomic mass is 10.1. The molecule has 0 saturated heterocycles. The number of rotatable bonds is 7. The third-order valence-electron chi connectivity index (χ3n) is 5.18. The molecule has 0 N–H and O–H groups in total. The molecule has 1 unspecified atom stereocenters. The smallest absolute Gasteiger partial charge is 0.266 e. The lowest BCUT2D eigenvalue weighted by Crippen LogP contribution is -2.37. The normalized spacial score (nSPS) is 12.2. The highest BCUT2D eigenvalue weighted by Gasteiger charge is 2.26. The van der Waals surface area contributed by atoms with E-state index in [1.807, 2.05) is 19.9 Å². The Morgan fingerprint density at radius 3 is 2.63 bits per heavy atom. The van der Waals surface area contributed by atoms with Gasteiger partial charge < -0.3 is 4.90 Å². The summed E-state index contributed by atoms with van der Waals surface area (Å²) in [7, 11) is 0. The molecule has 1 atom stereocenters. The summed E-state index contributed by atoms with van der Waals surface area (Å²) in [5.74, 6) is -0.163. The Labute approximate surface area is 180 Å². The summed E-state index contributed by atoms with van der Waals surface area (Å²) in [6.07, 6.45) is 2.14. The van der Waals surface area contributed by atoms with Gasteiger partial charge in [-0.15, -0.1) is 0 Å². The second-order valence-corrected chi connectivity index (χ2v) is 7.60. The molecule has 5 nitrogen and oxygen atoms in total. The summed E-state index contributed by atoms with van der Waals surface area (Å²) in [5.41, 5.74) is 0.670. The Balaban J connectivity index is 2.27. The van der Waals surface area contributed by atoms with Crippen LogP contribution >= 0.6 is 11.6 Å². The Hall–Kier alpha value is -2.73. The van der Waals surface area contributed by atoms with Crippen molar-refractivity contribution >= 4 is 28.4 Å². The van der Waals surface area contributed by atoms with Gasteiger partial charge in [0.15, 0.2) is 0 Å². The zero-order valence-electron chi connectivity index (χ0n) is 17.4. The van der Waals surface area contributed by atoms with Crippen LogP contribution in [0.15, 0.2) is 47.3 Å². The Kier molecular flexibility index (Phi) is 6.87. The number of hydrogen-bond donors (Lipinski definition) is 0. The average Bonchev–Trinajstić information content (AvgIpc) is 2.75. The van der Waals surface area contributed by atoms with Crippen LogP contribution in [0.4, 0.5) is 4.39 Å². The van der Waals surface area contributed by atoms with Crippen molar-refractivity contribution in [2.24, 2.45) is 0 Å². The molecule has 2 aromatic carbocycles. The van der Waals surface area contributed by atoms with Gasteiger partial charge in [0.1, 0.15) is 11.6 Å². The molecular formula is C23H25ClFN3O2. The summed E-state index contributed by atoms with van der Waals surface area (Å²) in [4.78, 5) is 32.6. The van der Waals surface area contributed by atoms with E-state index in [-0.39, 0.29) is 16.5 Å². The summed E-state index contributed by atoms with van der Waals surface area (Å²) in [6.45, 7) is 6.30. The zero-order valence-corrected chi connectivity index (χ0v) is 18.1. The van der Waals surface area contributed by atoms with Crippen molar-refractivity contribution in [2.45, 2.75) is 46.1 Å². The second kappa shape index (κ2) is 9.39. The van der Waals surface area contributed by atoms with Crippen LogP contribution in [0.3, 0.4) is 0 Å². The number of aromatic nitrogens is 2. The van der Waals surface area contributed by atoms with E-state index in [0.29, 0.717) is 35.4 Å². The van der Waals surface area contributed by atoms with Gasteiger partial charge >= 0.3 is 0 Å². The molecule has 0 aliphatic heterocycles. The van der Waals surface area contributed by atoms with E-state index in [1.54, 1.807) is 23.1 Å². The average molecular weight is 430 g/mol. The third-order valence-corrected chi connectivity index (χ3v) is 5.47. The van der Waals surface area contributed by atoms with Crippen LogP contribution in [0.1, 0.15) is 51.9 Å². The molecular weight excluding hydrogens is 405 g/mol. The van der Waals surface area contributed by atoms with E-state index in [4.69, 9.17) is 16.6 Å². The number of benzene rings is 2. The molecule has 0 saturated carbocycles. The fourth-order valence-electron chi connectivity index (χ4n) is 3.51. The number of nitrogens with zero attached hydrogens (tertiary/aromatic N) is 3. The predicted molar refractivity (Wildman–Crippen MR) is 118 cm³/mol. The van der Waals surface area contributed by atoms with Crippen LogP contribution in [0.25, 0.3) is 16.6 Å². The number of carbonyl (C=O) groups excluding carboxylic acids is 1. The van der Waals surface area contributed by atoms with Gasteiger partial charge in [-0.05, 0) is 43.7 Å². The van der Waals surface area contributed by atoms with Gasteiger partial charge in [0, 0.05) is 13.0 Å². The van der Waals surface area contributed by atoms with Gasteiger partial charge in [0.25, 0.3) is 5.56 Å². The maximum absolute atomic E-state index is 13.8. The summed E-state index contributed by atoms with van der Waals surface area (Å²) in [5, 5.41) is 0.356. The molecule has 0 bridgehead atoms. The molecule has 1 heterocycles. The molecule has 0 radical (unpaired) electrons. The van der Waals surface area contributed by atoms with Crippen molar-refractivity contribution in [1.29, 1.82) is 0 Å². The van der Waals surface area contributed by atoms with Crippen molar-refractivity contribution < 1.29 is 9.18 Å². The van der Waals surface area contributed by atoms with Crippen LogP contribution < -0.4 is 5.56 Å². The van der Waals surface area contributed by atoms with Crippen LogP contribution in [-0.4, -0.2) is 26.9 Å². The number of para-hydroxylation sites is 1. The third kappa shape index (κ3) is 4.24. The number of fused-ring (bicyclic) bond motifs is 1. The first-order valence-electron chi connectivity index (χ1n) is 10.2. The first-order valence-corrected chi connectivity index (χ1v) is 10.5. The quantitative estimate of drug-likeness (QED) is 0.513. The van der Waals surface area contributed by atoms with E-state index in [0.717, 1.165) is 12.8 Å². The number of unbranched alkanes of at least 4 members (excludes halogenated alkanes) is 1. The molecule has 3 rings (SSSR count). The zero-order chi connectivity index (χ0) is 21.8. The number of halogens is 2. The Bertz CT molecular complexity index is 1130. The molecule has 0 aliphatic carbocycles. The van der Waals surface area contributed by atoms with Gasteiger partial charge in [0.05, 0.1) is 27.7 Å². The van der Waals surface area contributed by atoms with Crippen LogP contribution in [0.2, 0.25) is 5.02 Å². The van der Waals surface area contributed by atoms with Crippen molar-refractivity contribution in [3.05, 3.63) is 69.5 Å². The summed E-state index contributed by atoms with van der Waals surface area (Å²) >= 11 is 5.99. The van der Waals surface area contributed by atoms with Crippen LogP contribution in [-0.2, 0) is 4.79 Å². The number of carbonyl (C=O) groups is 1. The Morgan fingerprint density at radius 2 is 1.97 bits per heavy atom. The molecule has 1 amide bonds. The molecule has 0 fully saturated rings. The highest BCUT2D eigenvalue weighted by Crippen LogP contribution is 2.26. The van der Waals surface area contributed by atoms with Gasteiger partial charge in [-0.3, -0.25) is 14.2 Å². The minimum Gasteiger partial charge on any atom is -0.333 e. The van der Waals surface area contributed by atoms with Crippen molar-refractivity contribution in [3.63, 3.8) is 0 Å². The highest BCUT2D eigenvalue weighted by atomic mass is 35.5. The molecule has 3 aromatic rings. The minimum atomic E-state index is -0.567. The molecule has 1 aromatic heterocycles. The molecule has 7 heteroatoms. The summed E-state index contributed by atoms with van der Waals surface area (Å²) < 4.78 is 15.2. The Morgan fingerprint density at radius 1 is 1.23 bits per heavy atom. The van der Waals surface area contributed by atoms with Crippen molar-refractivity contribution in [2.75, 3.05) is 6.54 Å². The fourth-order valence-corrected chi connectivity index (χ4v) is 3.68. The number of hydrogen-bond acceptors (Lipinski definition) is 3. The fraction of sp³-hybridized carbons (Fsp3) is 0.348. The minimum absolute atomic E-state index is 0.0120. The van der Waals surface area contributed by atoms with Gasteiger partial charge in [-0.1, -0.05) is 44.0 Å². The lowest BCUT2D eigenvalue weighted by Gasteiger charge is -2.30. The van der Waals surface area contributed by atoms with Gasteiger partial charge in [0.2, 0.25) is 5.91 Å². The second-order valence-electron chi connectivity index (χ2n) is 7.20. The molecule has 158 valence electrons. The first-order chi connectivity index (χ1) is 14.4. The van der Waals surface area contributed by atoms with Crippen molar-refractivity contribution in [1.82, 2.24) is 14.5 Å². The highest BCUT2D eigenvalue weighted by molar-refractivity contribution is 6.30. The predicted octanol–water partition coefficient (Wildman–Crippen LogP) is 5.28. The maximum atomic E-state index is 13.8.